The van der Waals surface area contributed by atoms with Crippen LogP contribution in [-0.2, 0) is 10.0 Å². The highest BCUT2D eigenvalue weighted by molar-refractivity contribution is 9.11. The molecule has 1 fully saturated rings. The molecule has 0 unspecified atom stereocenters. The first-order chi connectivity index (χ1) is 7.91. The highest BCUT2D eigenvalue weighted by Gasteiger charge is 2.29. The molecule has 1 aromatic rings. The Morgan fingerprint density at radius 1 is 1.29 bits per heavy atom. The second kappa shape index (κ2) is 4.97. The minimum absolute atomic E-state index is 0.437. The van der Waals surface area contributed by atoms with Crippen LogP contribution in [0.3, 0.4) is 0 Å². The maximum absolute atomic E-state index is 12.4. The number of hydrogen-bond acceptors (Lipinski definition) is 4. The lowest BCUT2D eigenvalue weighted by atomic mass is 10.4. The Hall–Kier alpha value is 0.0500. The Morgan fingerprint density at radius 3 is 2.35 bits per heavy atom. The Bertz CT molecular complexity index is 485. The van der Waals surface area contributed by atoms with Gasteiger partial charge in [-0.2, -0.15) is 4.31 Å². The van der Waals surface area contributed by atoms with Gasteiger partial charge in [-0.05, 0) is 41.5 Å². The van der Waals surface area contributed by atoms with Crippen LogP contribution in [0.2, 0.25) is 0 Å². The third-order valence-corrected chi connectivity index (χ3v) is 7.38. The normalized spacial score (nSPS) is 19.7. The number of nitrogens with zero attached hydrogens (tertiary/aromatic N) is 2. The average Bonchev–Trinajstić information content (AvgIpc) is 2.60. The van der Waals surface area contributed by atoms with Crippen molar-refractivity contribution < 1.29 is 8.42 Å². The topological polar surface area (TPSA) is 40.6 Å². The summed E-state index contributed by atoms with van der Waals surface area (Å²) in [6.45, 7) is 4.65. The van der Waals surface area contributed by atoms with Gasteiger partial charge in [0.25, 0.3) is 10.0 Å². The van der Waals surface area contributed by atoms with Gasteiger partial charge in [0.1, 0.15) is 4.21 Å². The Kier molecular flexibility index (Phi) is 3.94. The Morgan fingerprint density at radius 2 is 1.88 bits per heavy atom. The van der Waals surface area contributed by atoms with Crippen molar-refractivity contribution in [1.29, 1.82) is 0 Å². The van der Waals surface area contributed by atoms with Gasteiger partial charge >= 0.3 is 0 Å². The van der Waals surface area contributed by atoms with Gasteiger partial charge < -0.3 is 4.90 Å². The third kappa shape index (κ3) is 2.73. The molecule has 96 valence electrons. The van der Waals surface area contributed by atoms with Gasteiger partial charge in [-0.3, -0.25) is 0 Å². The number of rotatable bonds is 2. The van der Waals surface area contributed by atoms with Crippen molar-refractivity contribution in [1.82, 2.24) is 9.21 Å². The van der Waals surface area contributed by atoms with E-state index >= 15 is 0 Å². The standard InChI is InChI=1S/C10H15BrN2O2S2/c1-8-7-9(16-10(8)11)17(14,15)13-5-3-12(2)4-6-13/h7H,3-6H2,1-2H3. The molecule has 0 aliphatic carbocycles. The molecule has 1 aliphatic heterocycles. The quantitative estimate of drug-likeness (QED) is 0.824. The number of halogens is 1. The molecule has 0 bridgehead atoms. The lowest BCUT2D eigenvalue weighted by Crippen LogP contribution is -2.46. The van der Waals surface area contributed by atoms with E-state index in [9.17, 15) is 8.42 Å². The van der Waals surface area contributed by atoms with Gasteiger partial charge in [-0.15, -0.1) is 11.3 Å². The zero-order chi connectivity index (χ0) is 12.6. The molecule has 0 saturated carbocycles. The largest absolute Gasteiger partial charge is 0.304 e. The summed E-state index contributed by atoms with van der Waals surface area (Å²) in [6.07, 6.45) is 0. The van der Waals surface area contributed by atoms with E-state index in [2.05, 4.69) is 20.8 Å². The molecule has 0 atom stereocenters. The molecule has 0 aromatic carbocycles. The van der Waals surface area contributed by atoms with Crippen LogP contribution < -0.4 is 0 Å². The first kappa shape index (κ1) is 13.5. The van der Waals surface area contributed by atoms with E-state index in [0.29, 0.717) is 17.3 Å². The smallest absolute Gasteiger partial charge is 0.252 e. The van der Waals surface area contributed by atoms with Crippen LogP contribution in [0, 0.1) is 6.92 Å². The molecule has 7 heteroatoms. The molecule has 1 saturated heterocycles. The van der Waals surface area contributed by atoms with E-state index in [1.54, 1.807) is 10.4 Å². The number of piperazine rings is 1. The average molecular weight is 339 g/mol. The van der Waals surface area contributed by atoms with Crippen molar-refractivity contribution in [3.8, 4) is 0 Å². The highest BCUT2D eigenvalue weighted by atomic mass is 79.9. The molecular weight excluding hydrogens is 324 g/mol. The van der Waals surface area contributed by atoms with E-state index in [4.69, 9.17) is 0 Å². The first-order valence-electron chi connectivity index (χ1n) is 5.36. The van der Waals surface area contributed by atoms with Crippen molar-refractivity contribution in [3.05, 3.63) is 15.4 Å². The number of thiophene rings is 1. The number of aryl methyl sites for hydroxylation is 1. The van der Waals surface area contributed by atoms with E-state index in [1.165, 1.54) is 11.3 Å². The summed E-state index contributed by atoms with van der Waals surface area (Å²) in [5, 5.41) is 0. The fourth-order valence-electron chi connectivity index (χ4n) is 1.71. The van der Waals surface area contributed by atoms with Gasteiger partial charge in [-0.25, -0.2) is 8.42 Å². The molecular formula is C10H15BrN2O2S2. The predicted octanol–water partition coefficient (Wildman–Crippen LogP) is 1.76. The van der Waals surface area contributed by atoms with Crippen LogP contribution in [0.5, 0.6) is 0 Å². The van der Waals surface area contributed by atoms with Gasteiger partial charge in [0.15, 0.2) is 0 Å². The fraction of sp³-hybridized carbons (Fsp3) is 0.600. The van der Waals surface area contributed by atoms with Crippen molar-refractivity contribution in [2.75, 3.05) is 33.2 Å². The summed E-state index contributed by atoms with van der Waals surface area (Å²) < 4.78 is 27.6. The van der Waals surface area contributed by atoms with Gasteiger partial charge in [0.2, 0.25) is 0 Å². The molecule has 2 rings (SSSR count). The molecule has 0 spiro atoms. The minimum atomic E-state index is -3.29. The lowest BCUT2D eigenvalue weighted by Gasteiger charge is -2.31. The molecule has 2 heterocycles. The zero-order valence-electron chi connectivity index (χ0n) is 9.81. The molecule has 1 aliphatic rings. The summed E-state index contributed by atoms with van der Waals surface area (Å²) in [5.41, 5.74) is 0.975. The van der Waals surface area contributed by atoms with Crippen LogP contribution in [0.4, 0.5) is 0 Å². The second-order valence-corrected chi connectivity index (χ2v) is 8.76. The lowest BCUT2D eigenvalue weighted by molar-refractivity contribution is 0.222. The fourth-order valence-corrected chi connectivity index (χ4v) is 5.52. The van der Waals surface area contributed by atoms with Crippen molar-refractivity contribution in [2.24, 2.45) is 0 Å². The third-order valence-electron chi connectivity index (χ3n) is 2.89. The zero-order valence-corrected chi connectivity index (χ0v) is 13.0. The predicted molar refractivity (Wildman–Crippen MR) is 73.0 cm³/mol. The van der Waals surface area contributed by atoms with Crippen molar-refractivity contribution in [2.45, 2.75) is 11.1 Å². The van der Waals surface area contributed by atoms with Gasteiger partial charge in [-0.1, -0.05) is 0 Å². The van der Waals surface area contributed by atoms with E-state index in [0.717, 1.165) is 22.4 Å². The Labute approximate surface area is 114 Å². The summed E-state index contributed by atoms with van der Waals surface area (Å²) in [6, 6.07) is 1.74. The molecule has 0 radical (unpaired) electrons. The maximum atomic E-state index is 12.4. The summed E-state index contributed by atoms with van der Waals surface area (Å²) in [7, 11) is -1.28. The molecule has 4 nitrogen and oxygen atoms in total. The molecule has 1 aromatic heterocycles. The minimum Gasteiger partial charge on any atom is -0.304 e. The van der Waals surface area contributed by atoms with Crippen LogP contribution in [0.1, 0.15) is 5.56 Å². The molecule has 0 N–H and O–H groups in total. The summed E-state index contributed by atoms with van der Waals surface area (Å²) in [5.74, 6) is 0. The van der Waals surface area contributed by atoms with Crippen molar-refractivity contribution in [3.63, 3.8) is 0 Å². The maximum Gasteiger partial charge on any atom is 0.252 e. The highest BCUT2D eigenvalue weighted by Crippen LogP contribution is 2.32. The van der Waals surface area contributed by atoms with Crippen LogP contribution in [0.25, 0.3) is 0 Å². The first-order valence-corrected chi connectivity index (χ1v) is 8.41. The number of hydrogen-bond donors (Lipinski definition) is 0. The van der Waals surface area contributed by atoms with Crippen LogP contribution in [-0.4, -0.2) is 50.8 Å². The SMILES string of the molecule is Cc1cc(S(=O)(=O)N2CCN(C)CC2)sc1Br. The van der Waals surface area contributed by atoms with Crippen LogP contribution >= 0.6 is 27.3 Å². The van der Waals surface area contributed by atoms with Gasteiger partial charge in [0.05, 0.1) is 3.79 Å². The molecule has 17 heavy (non-hydrogen) atoms. The van der Waals surface area contributed by atoms with Gasteiger partial charge in [0, 0.05) is 26.2 Å². The van der Waals surface area contributed by atoms with Crippen LogP contribution in [0.15, 0.2) is 14.1 Å². The Balaban J connectivity index is 2.24. The van der Waals surface area contributed by atoms with E-state index in [-0.39, 0.29) is 0 Å². The second-order valence-electron chi connectivity index (χ2n) is 4.23. The number of likely N-dealkylation sites (N-methyl/N-ethyl adjacent to an activating group) is 1. The summed E-state index contributed by atoms with van der Waals surface area (Å²) in [4.78, 5) is 2.14. The summed E-state index contributed by atoms with van der Waals surface area (Å²) >= 11 is 4.66. The molecule has 0 amide bonds. The van der Waals surface area contributed by atoms with E-state index in [1.807, 2.05) is 14.0 Å². The van der Waals surface area contributed by atoms with E-state index < -0.39 is 10.0 Å². The van der Waals surface area contributed by atoms with Crippen molar-refractivity contribution >= 4 is 37.3 Å². The number of sulfonamides is 1. The monoisotopic (exact) mass is 338 g/mol.